The van der Waals surface area contributed by atoms with Crippen LogP contribution in [-0.2, 0) is 9.53 Å². The normalized spacial score (nSPS) is 17.7. The minimum atomic E-state index is -1.01. The molecule has 6 nitrogen and oxygen atoms in total. The molecular formula is C11H20N2O4. The van der Waals surface area contributed by atoms with E-state index in [2.05, 4.69) is 10.6 Å². The molecule has 0 aromatic carbocycles. The van der Waals surface area contributed by atoms with Gasteiger partial charge in [0.1, 0.15) is 6.61 Å². The van der Waals surface area contributed by atoms with E-state index in [0.29, 0.717) is 6.54 Å². The van der Waals surface area contributed by atoms with Gasteiger partial charge < -0.3 is 20.5 Å². The number of amides is 2. The fraction of sp³-hybridized carbons (Fsp3) is 0.818. The standard InChI is InChI=1S/C11H20N2O4/c1-11(4-2-3-5-11)13-10(16)12-6-7-17-8-9(14)15/h2-8H2,1H3,(H,14,15)(H2,12,13,16). The SMILES string of the molecule is CC1(NC(=O)NCCOCC(=O)O)CCCC1. The van der Waals surface area contributed by atoms with Gasteiger partial charge >= 0.3 is 12.0 Å². The fourth-order valence-corrected chi connectivity index (χ4v) is 1.99. The Morgan fingerprint density at radius 3 is 2.59 bits per heavy atom. The minimum Gasteiger partial charge on any atom is -0.480 e. The lowest BCUT2D eigenvalue weighted by atomic mass is 10.0. The molecule has 98 valence electrons. The van der Waals surface area contributed by atoms with Crippen molar-refractivity contribution < 1.29 is 19.4 Å². The van der Waals surface area contributed by atoms with Crippen molar-refractivity contribution in [3.05, 3.63) is 0 Å². The van der Waals surface area contributed by atoms with Crippen LogP contribution in [0.4, 0.5) is 4.79 Å². The van der Waals surface area contributed by atoms with E-state index in [0.717, 1.165) is 25.7 Å². The summed E-state index contributed by atoms with van der Waals surface area (Å²) in [6.45, 7) is 2.23. The van der Waals surface area contributed by atoms with Crippen LogP contribution in [0.1, 0.15) is 32.6 Å². The number of carbonyl (C=O) groups is 2. The maximum absolute atomic E-state index is 11.5. The highest BCUT2D eigenvalue weighted by Gasteiger charge is 2.29. The predicted molar refractivity (Wildman–Crippen MR) is 61.9 cm³/mol. The molecule has 2 amide bonds. The maximum atomic E-state index is 11.5. The number of nitrogens with one attached hydrogen (secondary N) is 2. The van der Waals surface area contributed by atoms with E-state index in [1.165, 1.54) is 0 Å². The van der Waals surface area contributed by atoms with E-state index >= 15 is 0 Å². The smallest absolute Gasteiger partial charge is 0.329 e. The molecule has 0 heterocycles. The first-order valence-electron chi connectivity index (χ1n) is 5.87. The summed E-state index contributed by atoms with van der Waals surface area (Å²) in [6.07, 6.45) is 4.32. The summed E-state index contributed by atoms with van der Waals surface area (Å²) in [7, 11) is 0. The first kappa shape index (κ1) is 13.8. The molecule has 0 bridgehead atoms. The van der Waals surface area contributed by atoms with Gasteiger partial charge in [-0.15, -0.1) is 0 Å². The monoisotopic (exact) mass is 244 g/mol. The first-order chi connectivity index (χ1) is 8.02. The molecule has 1 fully saturated rings. The lowest BCUT2D eigenvalue weighted by Gasteiger charge is -2.25. The highest BCUT2D eigenvalue weighted by Crippen LogP contribution is 2.28. The van der Waals surface area contributed by atoms with Crippen molar-refractivity contribution >= 4 is 12.0 Å². The summed E-state index contributed by atoms with van der Waals surface area (Å²) < 4.78 is 4.80. The van der Waals surface area contributed by atoms with Crippen LogP contribution in [0, 0.1) is 0 Å². The third-order valence-electron chi connectivity index (χ3n) is 2.88. The molecule has 1 aliphatic carbocycles. The molecule has 1 rings (SSSR count). The van der Waals surface area contributed by atoms with Crippen LogP contribution in [0.25, 0.3) is 0 Å². The Kier molecular flexibility index (Phi) is 5.21. The van der Waals surface area contributed by atoms with Crippen LogP contribution in [0.3, 0.4) is 0 Å². The lowest BCUT2D eigenvalue weighted by molar-refractivity contribution is -0.142. The second-order valence-electron chi connectivity index (χ2n) is 4.59. The van der Waals surface area contributed by atoms with Crippen molar-refractivity contribution in [2.24, 2.45) is 0 Å². The number of ether oxygens (including phenoxy) is 1. The van der Waals surface area contributed by atoms with Gasteiger partial charge in [0.05, 0.1) is 6.61 Å². The third kappa shape index (κ3) is 5.53. The highest BCUT2D eigenvalue weighted by molar-refractivity contribution is 5.74. The number of rotatable bonds is 6. The van der Waals surface area contributed by atoms with Crippen LogP contribution in [0.2, 0.25) is 0 Å². The van der Waals surface area contributed by atoms with Crippen LogP contribution >= 0.6 is 0 Å². The Morgan fingerprint density at radius 2 is 2.00 bits per heavy atom. The van der Waals surface area contributed by atoms with Crippen molar-refractivity contribution in [2.45, 2.75) is 38.1 Å². The second kappa shape index (κ2) is 6.44. The van der Waals surface area contributed by atoms with Gasteiger partial charge in [0.2, 0.25) is 0 Å². The van der Waals surface area contributed by atoms with E-state index in [1.54, 1.807) is 0 Å². The number of carbonyl (C=O) groups excluding carboxylic acids is 1. The van der Waals surface area contributed by atoms with Gasteiger partial charge in [-0.25, -0.2) is 9.59 Å². The Morgan fingerprint density at radius 1 is 1.35 bits per heavy atom. The fourth-order valence-electron chi connectivity index (χ4n) is 1.99. The first-order valence-corrected chi connectivity index (χ1v) is 5.87. The van der Waals surface area contributed by atoms with Crippen LogP contribution in [0.5, 0.6) is 0 Å². The quantitative estimate of drug-likeness (QED) is 0.601. The van der Waals surface area contributed by atoms with Crippen molar-refractivity contribution in [2.75, 3.05) is 19.8 Å². The van der Waals surface area contributed by atoms with Gasteiger partial charge in [-0.05, 0) is 19.8 Å². The lowest BCUT2D eigenvalue weighted by Crippen LogP contribution is -2.49. The zero-order valence-electron chi connectivity index (χ0n) is 10.1. The average Bonchev–Trinajstić information content (AvgIpc) is 2.63. The number of hydrogen-bond donors (Lipinski definition) is 3. The van der Waals surface area contributed by atoms with Crippen molar-refractivity contribution in [3.63, 3.8) is 0 Å². The summed E-state index contributed by atoms with van der Waals surface area (Å²) in [4.78, 5) is 21.7. The summed E-state index contributed by atoms with van der Waals surface area (Å²) in [5, 5.41) is 13.9. The largest absolute Gasteiger partial charge is 0.480 e. The minimum absolute atomic E-state index is 0.0913. The van der Waals surface area contributed by atoms with E-state index in [1.807, 2.05) is 6.92 Å². The third-order valence-corrected chi connectivity index (χ3v) is 2.88. The van der Waals surface area contributed by atoms with E-state index in [-0.39, 0.29) is 24.8 Å². The number of aliphatic carboxylic acids is 1. The number of urea groups is 1. The second-order valence-corrected chi connectivity index (χ2v) is 4.59. The van der Waals surface area contributed by atoms with Gasteiger partial charge in [0, 0.05) is 12.1 Å². The van der Waals surface area contributed by atoms with Crippen LogP contribution < -0.4 is 10.6 Å². The molecular weight excluding hydrogens is 224 g/mol. The summed E-state index contributed by atoms with van der Waals surface area (Å²) in [6, 6.07) is -0.215. The zero-order chi connectivity index (χ0) is 12.7. The van der Waals surface area contributed by atoms with Gasteiger partial charge in [-0.1, -0.05) is 12.8 Å². The summed E-state index contributed by atoms with van der Waals surface area (Å²) in [5.41, 5.74) is -0.0913. The summed E-state index contributed by atoms with van der Waals surface area (Å²) >= 11 is 0. The molecule has 1 aliphatic rings. The highest BCUT2D eigenvalue weighted by atomic mass is 16.5. The molecule has 17 heavy (non-hydrogen) atoms. The van der Waals surface area contributed by atoms with Crippen molar-refractivity contribution in [1.29, 1.82) is 0 Å². The van der Waals surface area contributed by atoms with Gasteiger partial charge in [-0.2, -0.15) is 0 Å². The van der Waals surface area contributed by atoms with Gasteiger partial charge in [0.15, 0.2) is 0 Å². The Balaban J connectivity index is 2.07. The molecule has 0 aliphatic heterocycles. The molecule has 0 saturated heterocycles. The molecule has 3 N–H and O–H groups in total. The zero-order valence-corrected chi connectivity index (χ0v) is 10.1. The molecule has 0 radical (unpaired) electrons. The average molecular weight is 244 g/mol. The molecule has 0 aromatic heterocycles. The Hall–Kier alpha value is -1.30. The maximum Gasteiger partial charge on any atom is 0.329 e. The molecule has 1 saturated carbocycles. The van der Waals surface area contributed by atoms with Crippen LogP contribution in [-0.4, -0.2) is 42.4 Å². The predicted octanol–water partition coefficient (Wildman–Crippen LogP) is 0.719. The number of carboxylic acids is 1. The van der Waals surface area contributed by atoms with Crippen molar-refractivity contribution in [3.8, 4) is 0 Å². The number of hydrogen-bond acceptors (Lipinski definition) is 3. The molecule has 0 atom stereocenters. The van der Waals surface area contributed by atoms with E-state index < -0.39 is 5.97 Å². The van der Waals surface area contributed by atoms with Gasteiger partial charge in [0.25, 0.3) is 0 Å². The van der Waals surface area contributed by atoms with E-state index in [9.17, 15) is 9.59 Å². The van der Waals surface area contributed by atoms with Crippen LogP contribution in [0.15, 0.2) is 0 Å². The summed E-state index contributed by atoms with van der Waals surface area (Å²) in [5.74, 6) is -1.01. The molecule has 0 aromatic rings. The molecule has 0 unspecified atom stereocenters. The van der Waals surface area contributed by atoms with Gasteiger partial charge in [-0.3, -0.25) is 0 Å². The van der Waals surface area contributed by atoms with E-state index in [4.69, 9.17) is 9.84 Å². The Labute approximate surface area is 101 Å². The molecule has 6 heteroatoms. The van der Waals surface area contributed by atoms with Crippen molar-refractivity contribution in [1.82, 2.24) is 10.6 Å². The number of carboxylic acid groups (broad SMARTS) is 1. The topological polar surface area (TPSA) is 87.7 Å². The molecule has 0 spiro atoms. The Bertz CT molecular complexity index is 275.